The van der Waals surface area contributed by atoms with Crippen LogP contribution in [0.1, 0.15) is 43.6 Å². The van der Waals surface area contributed by atoms with Crippen molar-refractivity contribution in [1.29, 1.82) is 0 Å². The van der Waals surface area contributed by atoms with Crippen LogP contribution in [0.15, 0.2) is 41.8 Å². The standard InChI is InChI=1S/C23H25ClN2O2S/c1-27-21-13-19(22(28-2)12-18(21)24)25-23-26-20(14-29-23)17-10-8-16(9-11-17)15-6-4-3-5-7-15/h8-15H,3-7H2,1-2H3,(H,25,26). The van der Waals surface area contributed by atoms with E-state index in [1.807, 2.05) is 6.07 Å². The zero-order valence-electron chi connectivity index (χ0n) is 16.7. The molecule has 0 amide bonds. The molecule has 1 fully saturated rings. The lowest BCUT2D eigenvalue weighted by Gasteiger charge is -2.22. The summed E-state index contributed by atoms with van der Waals surface area (Å²) in [5.74, 6) is 1.95. The van der Waals surface area contributed by atoms with Crippen LogP contribution in [0.2, 0.25) is 5.02 Å². The van der Waals surface area contributed by atoms with Crippen LogP contribution in [0.25, 0.3) is 11.3 Å². The van der Waals surface area contributed by atoms with E-state index in [1.165, 1.54) is 37.7 Å². The van der Waals surface area contributed by atoms with Crippen LogP contribution < -0.4 is 14.8 Å². The number of rotatable bonds is 6. The van der Waals surface area contributed by atoms with Gasteiger partial charge in [-0.1, -0.05) is 55.1 Å². The zero-order chi connectivity index (χ0) is 20.2. The number of aromatic nitrogens is 1. The maximum atomic E-state index is 6.19. The number of anilines is 2. The van der Waals surface area contributed by atoms with Gasteiger partial charge in [0.15, 0.2) is 5.13 Å². The lowest BCUT2D eigenvalue weighted by atomic mass is 9.84. The summed E-state index contributed by atoms with van der Waals surface area (Å²) in [6.45, 7) is 0. The normalized spacial score (nSPS) is 14.6. The highest BCUT2D eigenvalue weighted by Crippen LogP contribution is 2.39. The topological polar surface area (TPSA) is 43.4 Å². The molecular weight excluding hydrogens is 404 g/mol. The van der Waals surface area contributed by atoms with E-state index in [2.05, 4.69) is 35.0 Å². The molecule has 0 spiro atoms. The average Bonchev–Trinajstić information content (AvgIpc) is 3.24. The molecule has 3 aromatic rings. The molecule has 0 aliphatic heterocycles. The van der Waals surface area contributed by atoms with Crippen molar-refractivity contribution in [2.75, 3.05) is 19.5 Å². The van der Waals surface area contributed by atoms with Crippen LogP contribution in [-0.2, 0) is 0 Å². The molecule has 2 aromatic carbocycles. The summed E-state index contributed by atoms with van der Waals surface area (Å²) in [6, 6.07) is 12.5. The molecule has 4 rings (SSSR count). The van der Waals surface area contributed by atoms with Gasteiger partial charge in [-0.05, 0) is 24.3 Å². The highest BCUT2D eigenvalue weighted by molar-refractivity contribution is 7.14. The van der Waals surface area contributed by atoms with Gasteiger partial charge in [0, 0.05) is 23.1 Å². The van der Waals surface area contributed by atoms with Crippen LogP contribution in [0.3, 0.4) is 0 Å². The highest BCUT2D eigenvalue weighted by atomic mass is 35.5. The molecule has 1 N–H and O–H groups in total. The molecule has 1 aliphatic carbocycles. The van der Waals surface area contributed by atoms with Gasteiger partial charge in [0.1, 0.15) is 11.5 Å². The number of hydrogen-bond acceptors (Lipinski definition) is 5. The molecule has 6 heteroatoms. The van der Waals surface area contributed by atoms with Crippen molar-refractivity contribution in [3.63, 3.8) is 0 Å². The first-order valence-corrected chi connectivity index (χ1v) is 11.2. The molecule has 0 atom stereocenters. The average molecular weight is 429 g/mol. The Hall–Kier alpha value is -2.24. The monoisotopic (exact) mass is 428 g/mol. The molecule has 1 aliphatic rings. The largest absolute Gasteiger partial charge is 0.495 e. The fourth-order valence-corrected chi connectivity index (χ4v) is 4.86. The van der Waals surface area contributed by atoms with Crippen LogP contribution in [-0.4, -0.2) is 19.2 Å². The van der Waals surface area contributed by atoms with Gasteiger partial charge in [-0.2, -0.15) is 0 Å². The van der Waals surface area contributed by atoms with Gasteiger partial charge >= 0.3 is 0 Å². The van der Waals surface area contributed by atoms with Crippen molar-refractivity contribution in [3.05, 3.63) is 52.4 Å². The molecule has 29 heavy (non-hydrogen) atoms. The summed E-state index contributed by atoms with van der Waals surface area (Å²) in [5.41, 5.74) is 4.32. The van der Waals surface area contributed by atoms with E-state index in [9.17, 15) is 0 Å². The predicted molar refractivity (Wildman–Crippen MR) is 121 cm³/mol. The highest BCUT2D eigenvalue weighted by Gasteiger charge is 2.16. The Morgan fingerprint density at radius 1 is 1.00 bits per heavy atom. The van der Waals surface area contributed by atoms with E-state index in [1.54, 1.807) is 31.6 Å². The Balaban J connectivity index is 1.51. The molecule has 0 unspecified atom stereocenters. The predicted octanol–water partition coefficient (Wildman–Crippen LogP) is 7.27. The van der Waals surface area contributed by atoms with E-state index >= 15 is 0 Å². The number of halogens is 1. The minimum absolute atomic E-state index is 0.507. The number of ether oxygens (including phenoxy) is 2. The van der Waals surface area contributed by atoms with E-state index in [0.29, 0.717) is 16.5 Å². The number of benzene rings is 2. The Kier molecular flexibility index (Phi) is 6.26. The van der Waals surface area contributed by atoms with Crippen LogP contribution in [0, 0.1) is 0 Å². The first-order chi connectivity index (χ1) is 14.2. The molecule has 1 heterocycles. The number of methoxy groups -OCH3 is 2. The van der Waals surface area contributed by atoms with Crippen molar-refractivity contribution in [1.82, 2.24) is 4.98 Å². The van der Waals surface area contributed by atoms with Gasteiger partial charge < -0.3 is 14.8 Å². The summed E-state index contributed by atoms with van der Waals surface area (Å²) in [7, 11) is 3.21. The van der Waals surface area contributed by atoms with Crippen molar-refractivity contribution < 1.29 is 9.47 Å². The number of hydrogen-bond donors (Lipinski definition) is 1. The quantitative estimate of drug-likeness (QED) is 0.448. The van der Waals surface area contributed by atoms with Gasteiger partial charge in [0.05, 0.1) is 30.6 Å². The minimum atomic E-state index is 0.507. The summed E-state index contributed by atoms with van der Waals surface area (Å²) in [6.07, 6.45) is 6.72. The molecule has 1 saturated carbocycles. The van der Waals surface area contributed by atoms with Crippen LogP contribution in [0.5, 0.6) is 11.5 Å². The molecule has 1 aromatic heterocycles. The lowest BCUT2D eigenvalue weighted by Crippen LogP contribution is -2.04. The first-order valence-electron chi connectivity index (χ1n) is 9.92. The van der Waals surface area contributed by atoms with Crippen molar-refractivity contribution in [3.8, 4) is 22.8 Å². The third-order valence-electron chi connectivity index (χ3n) is 5.50. The fourth-order valence-electron chi connectivity index (χ4n) is 3.90. The second-order valence-electron chi connectivity index (χ2n) is 7.31. The second kappa shape index (κ2) is 9.06. The molecule has 152 valence electrons. The van der Waals surface area contributed by atoms with Gasteiger partial charge in [0.2, 0.25) is 0 Å². The van der Waals surface area contributed by atoms with Gasteiger partial charge in [0.25, 0.3) is 0 Å². The Morgan fingerprint density at radius 2 is 1.72 bits per heavy atom. The van der Waals surface area contributed by atoms with E-state index in [0.717, 1.165) is 28.0 Å². The minimum Gasteiger partial charge on any atom is -0.495 e. The van der Waals surface area contributed by atoms with E-state index in [4.69, 9.17) is 26.1 Å². The maximum Gasteiger partial charge on any atom is 0.187 e. The summed E-state index contributed by atoms with van der Waals surface area (Å²) in [4.78, 5) is 4.75. The second-order valence-corrected chi connectivity index (χ2v) is 8.57. The van der Waals surface area contributed by atoms with E-state index < -0.39 is 0 Å². The van der Waals surface area contributed by atoms with Crippen LogP contribution >= 0.6 is 22.9 Å². The lowest BCUT2D eigenvalue weighted by molar-refractivity contribution is 0.405. The first kappa shape index (κ1) is 20.0. The van der Waals surface area contributed by atoms with E-state index in [-0.39, 0.29) is 0 Å². The van der Waals surface area contributed by atoms with Gasteiger partial charge in [-0.3, -0.25) is 0 Å². The number of thiazole rings is 1. The van der Waals surface area contributed by atoms with Gasteiger partial charge in [-0.25, -0.2) is 4.98 Å². The fraction of sp³-hybridized carbons (Fsp3) is 0.348. The van der Waals surface area contributed by atoms with Crippen molar-refractivity contribution in [2.45, 2.75) is 38.0 Å². The molecule has 4 nitrogen and oxygen atoms in total. The Bertz CT molecular complexity index is 966. The van der Waals surface area contributed by atoms with Gasteiger partial charge in [-0.15, -0.1) is 11.3 Å². The van der Waals surface area contributed by atoms with Crippen LogP contribution in [0.4, 0.5) is 10.8 Å². The Labute approximate surface area is 180 Å². The molecule has 0 radical (unpaired) electrons. The third kappa shape index (κ3) is 4.51. The van der Waals surface area contributed by atoms with Crippen molar-refractivity contribution >= 4 is 33.8 Å². The number of nitrogens with one attached hydrogen (secondary N) is 1. The molecule has 0 bridgehead atoms. The van der Waals surface area contributed by atoms with Crippen molar-refractivity contribution in [2.24, 2.45) is 0 Å². The summed E-state index contributed by atoms with van der Waals surface area (Å²) < 4.78 is 10.7. The summed E-state index contributed by atoms with van der Waals surface area (Å²) >= 11 is 7.75. The summed E-state index contributed by atoms with van der Waals surface area (Å²) in [5, 5.41) is 6.69. The molecule has 0 saturated heterocycles. The maximum absolute atomic E-state index is 6.19. The Morgan fingerprint density at radius 3 is 2.41 bits per heavy atom. The SMILES string of the molecule is COc1cc(Nc2nc(-c3ccc(C4CCCCC4)cc3)cs2)c(OC)cc1Cl. The zero-order valence-corrected chi connectivity index (χ0v) is 18.3. The third-order valence-corrected chi connectivity index (χ3v) is 6.56. The number of nitrogens with zero attached hydrogens (tertiary/aromatic N) is 1. The molecular formula is C23H25ClN2O2S. The smallest absolute Gasteiger partial charge is 0.187 e.